The van der Waals surface area contributed by atoms with E-state index in [4.69, 9.17) is 0 Å². The minimum Gasteiger partial charge on any atom is -0.322 e. The molecule has 0 aliphatic carbocycles. The average molecular weight is 293 g/mol. The highest BCUT2D eigenvalue weighted by Crippen LogP contribution is 2.24. The number of carbonyl (C=O) groups is 1. The van der Waals surface area contributed by atoms with Crippen molar-refractivity contribution in [1.82, 2.24) is 9.38 Å². The molecule has 0 saturated heterocycles. The molecule has 0 aliphatic rings. The number of rotatable bonds is 3. The van der Waals surface area contributed by atoms with E-state index in [1.165, 1.54) is 0 Å². The number of nitrogens with one attached hydrogen (secondary N) is 1. The predicted molar refractivity (Wildman–Crippen MR) is 88.4 cm³/mol. The lowest BCUT2D eigenvalue weighted by Crippen LogP contribution is -2.15. The lowest BCUT2D eigenvalue weighted by Gasteiger charge is -2.13. The van der Waals surface area contributed by atoms with Gasteiger partial charge in [-0.1, -0.05) is 32.0 Å². The molecule has 3 rings (SSSR count). The number of hydrogen-bond donors (Lipinski definition) is 1. The molecule has 2 heterocycles. The van der Waals surface area contributed by atoms with Crippen LogP contribution in [0.25, 0.3) is 5.65 Å². The van der Waals surface area contributed by atoms with Gasteiger partial charge in [-0.25, -0.2) is 4.98 Å². The summed E-state index contributed by atoms with van der Waals surface area (Å²) in [6, 6.07) is 11.6. The van der Waals surface area contributed by atoms with Crippen molar-refractivity contribution in [1.29, 1.82) is 0 Å². The Balaban J connectivity index is 1.98. The van der Waals surface area contributed by atoms with Crippen molar-refractivity contribution in [2.45, 2.75) is 26.7 Å². The quantitative estimate of drug-likeness (QED) is 0.793. The highest BCUT2D eigenvalue weighted by Gasteiger charge is 2.14. The third-order valence-electron chi connectivity index (χ3n) is 3.68. The van der Waals surface area contributed by atoms with Gasteiger partial charge in [0.25, 0.3) is 5.91 Å². The van der Waals surface area contributed by atoms with Crippen molar-refractivity contribution in [3.63, 3.8) is 0 Å². The van der Waals surface area contributed by atoms with E-state index < -0.39 is 0 Å². The number of pyridine rings is 1. The number of amides is 1. The fraction of sp³-hybridized carbons (Fsp3) is 0.222. The molecule has 112 valence electrons. The van der Waals surface area contributed by atoms with E-state index in [2.05, 4.69) is 24.1 Å². The van der Waals surface area contributed by atoms with Gasteiger partial charge < -0.3 is 9.72 Å². The summed E-state index contributed by atoms with van der Waals surface area (Å²) in [5.41, 5.74) is 4.13. The van der Waals surface area contributed by atoms with Crippen LogP contribution >= 0.6 is 0 Å². The molecule has 1 aromatic carbocycles. The molecular formula is C18H19N3O. The van der Waals surface area contributed by atoms with E-state index in [1.807, 2.05) is 54.0 Å². The van der Waals surface area contributed by atoms with Crippen LogP contribution in [0.4, 0.5) is 5.69 Å². The molecule has 0 spiro atoms. The third kappa shape index (κ3) is 2.60. The van der Waals surface area contributed by atoms with Gasteiger partial charge in [0.2, 0.25) is 0 Å². The Bertz CT molecular complexity index is 833. The number of carbonyl (C=O) groups excluding carboxylic acids is 1. The number of hydrogen-bond acceptors (Lipinski definition) is 2. The van der Waals surface area contributed by atoms with Crippen LogP contribution in [0.2, 0.25) is 0 Å². The van der Waals surface area contributed by atoms with E-state index in [9.17, 15) is 4.79 Å². The maximum Gasteiger partial charge on any atom is 0.259 e. The molecule has 22 heavy (non-hydrogen) atoms. The maximum atomic E-state index is 12.6. The molecule has 0 bridgehead atoms. The van der Waals surface area contributed by atoms with Crippen LogP contribution in [0.1, 0.15) is 41.4 Å². The monoisotopic (exact) mass is 293 g/mol. The highest BCUT2D eigenvalue weighted by atomic mass is 16.1. The summed E-state index contributed by atoms with van der Waals surface area (Å²) in [5, 5.41) is 3.02. The van der Waals surface area contributed by atoms with Crippen LogP contribution in [0.5, 0.6) is 0 Å². The molecule has 4 nitrogen and oxygen atoms in total. The summed E-state index contributed by atoms with van der Waals surface area (Å²) in [6.45, 7) is 6.15. The Labute approximate surface area is 129 Å². The van der Waals surface area contributed by atoms with Gasteiger partial charge in [0, 0.05) is 18.1 Å². The number of imidazole rings is 1. The number of nitrogens with zero attached hydrogens (tertiary/aromatic N) is 2. The second-order valence-corrected chi connectivity index (χ2v) is 5.73. The van der Waals surface area contributed by atoms with Crippen LogP contribution in [-0.4, -0.2) is 15.3 Å². The third-order valence-corrected chi connectivity index (χ3v) is 3.68. The zero-order valence-electron chi connectivity index (χ0n) is 13.0. The summed E-state index contributed by atoms with van der Waals surface area (Å²) in [7, 11) is 0. The van der Waals surface area contributed by atoms with Crippen LogP contribution < -0.4 is 5.32 Å². The van der Waals surface area contributed by atoms with Gasteiger partial charge in [0.15, 0.2) is 0 Å². The first kappa shape index (κ1) is 14.3. The second-order valence-electron chi connectivity index (χ2n) is 5.73. The topological polar surface area (TPSA) is 46.4 Å². The van der Waals surface area contributed by atoms with Crippen molar-refractivity contribution in [3.05, 3.63) is 65.6 Å². The van der Waals surface area contributed by atoms with Crippen LogP contribution in [-0.2, 0) is 0 Å². The van der Waals surface area contributed by atoms with Gasteiger partial charge >= 0.3 is 0 Å². The van der Waals surface area contributed by atoms with E-state index in [1.54, 1.807) is 6.07 Å². The lowest BCUT2D eigenvalue weighted by molar-refractivity contribution is 0.102. The molecule has 2 aromatic heterocycles. The molecule has 1 N–H and O–H groups in total. The molecule has 0 saturated carbocycles. The first-order valence-corrected chi connectivity index (χ1v) is 7.41. The minimum absolute atomic E-state index is 0.135. The summed E-state index contributed by atoms with van der Waals surface area (Å²) >= 11 is 0. The second kappa shape index (κ2) is 5.64. The first-order chi connectivity index (χ1) is 10.6. The molecule has 0 aliphatic heterocycles. The Hall–Kier alpha value is -2.62. The summed E-state index contributed by atoms with van der Waals surface area (Å²) in [4.78, 5) is 17.1. The summed E-state index contributed by atoms with van der Waals surface area (Å²) in [5.74, 6) is 0.213. The zero-order valence-corrected chi connectivity index (χ0v) is 13.0. The molecule has 4 heteroatoms. The normalized spacial score (nSPS) is 11.1. The van der Waals surface area contributed by atoms with E-state index in [0.717, 1.165) is 16.9 Å². The molecular weight excluding hydrogens is 274 g/mol. The van der Waals surface area contributed by atoms with Crippen LogP contribution in [0.3, 0.4) is 0 Å². The number of aryl methyl sites for hydroxylation is 1. The van der Waals surface area contributed by atoms with Crippen molar-refractivity contribution in [2.75, 3.05) is 5.32 Å². The van der Waals surface area contributed by atoms with E-state index >= 15 is 0 Å². The van der Waals surface area contributed by atoms with Crippen LogP contribution in [0, 0.1) is 6.92 Å². The summed E-state index contributed by atoms with van der Waals surface area (Å²) < 4.78 is 1.87. The van der Waals surface area contributed by atoms with Gasteiger partial charge in [0.1, 0.15) is 5.65 Å². The average Bonchev–Trinajstić information content (AvgIpc) is 2.87. The first-order valence-electron chi connectivity index (χ1n) is 7.41. The molecule has 0 atom stereocenters. The standard InChI is InChI=1S/C18H19N3O/c1-12(2)14-7-4-5-9-16(14)20-18(22)15-8-6-10-21-11-13(3)19-17(15)21/h4-12H,1-3H3,(H,20,22). The van der Waals surface area contributed by atoms with Gasteiger partial charge in [-0.05, 0) is 36.6 Å². The molecule has 3 aromatic rings. The van der Waals surface area contributed by atoms with Crippen LogP contribution in [0.15, 0.2) is 48.8 Å². The summed E-state index contributed by atoms with van der Waals surface area (Å²) in [6.07, 6.45) is 3.81. The Kier molecular flexibility index (Phi) is 3.67. The Morgan fingerprint density at radius 1 is 1.18 bits per heavy atom. The van der Waals surface area contributed by atoms with Gasteiger partial charge in [0.05, 0.1) is 11.3 Å². The SMILES string of the molecule is Cc1cn2cccc(C(=O)Nc3ccccc3C(C)C)c2n1. The fourth-order valence-electron chi connectivity index (χ4n) is 2.62. The van der Waals surface area contributed by atoms with E-state index in [-0.39, 0.29) is 5.91 Å². The number of aromatic nitrogens is 2. The maximum absolute atomic E-state index is 12.6. The highest BCUT2D eigenvalue weighted by molar-refractivity contribution is 6.08. The largest absolute Gasteiger partial charge is 0.322 e. The molecule has 0 unspecified atom stereocenters. The zero-order chi connectivity index (χ0) is 15.7. The number of fused-ring (bicyclic) bond motifs is 1. The lowest BCUT2D eigenvalue weighted by atomic mass is 10.0. The Morgan fingerprint density at radius 2 is 1.95 bits per heavy atom. The van der Waals surface area contributed by atoms with Crippen molar-refractivity contribution in [3.8, 4) is 0 Å². The van der Waals surface area contributed by atoms with Crippen molar-refractivity contribution in [2.24, 2.45) is 0 Å². The molecule has 0 fully saturated rings. The predicted octanol–water partition coefficient (Wildman–Crippen LogP) is 4.02. The number of para-hydroxylation sites is 1. The van der Waals surface area contributed by atoms with Crippen molar-refractivity contribution < 1.29 is 4.79 Å². The van der Waals surface area contributed by atoms with Gasteiger partial charge in [-0.3, -0.25) is 4.79 Å². The van der Waals surface area contributed by atoms with E-state index in [0.29, 0.717) is 17.1 Å². The number of anilines is 1. The van der Waals surface area contributed by atoms with Gasteiger partial charge in [-0.15, -0.1) is 0 Å². The van der Waals surface area contributed by atoms with Gasteiger partial charge in [-0.2, -0.15) is 0 Å². The molecule has 1 amide bonds. The minimum atomic E-state index is -0.135. The number of benzene rings is 1. The fourth-order valence-corrected chi connectivity index (χ4v) is 2.62. The Morgan fingerprint density at radius 3 is 2.73 bits per heavy atom. The molecule has 0 radical (unpaired) electrons. The smallest absolute Gasteiger partial charge is 0.259 e. The van der Waals surface area contributed by atoms with Crippen molar-refractivity contribution >= 4 is 17.2 Å².